The van der Waals surface area contributed by atoms with Gasteiger partial charge in [0.25, 0.3) is 5.91 Å². The first-order valence-electron chi connectivity index (χ1n) is 7.53. The van der Waals surface area contributed by atoms with Crippen LogP contribution in [-0.2, 0) is 4.74 Å². The predicted octanol–water partition coefficient (Wildman–Crippen LogP) is 1.21. The van der Waals surface area contributed by atoms with Gasteiger partial charge in [-0.2, -0.15) is 5.10 Å². The average Bonchev–Trinajstić information content (AvgIpc) is 3.22. The first-order chi connectivity index (χ1) is 12.7. The molecule has 26 heavy (non-hydrogen) atoms. The van der Waals surface area contributed by atoms with Crippen LogP contribution in [0.15, 0.2) is 60.0 Å². The molecule has 0 atom stereocenters. The Balaban J connectivity index is 1.67. The van der Waals surface area contributed by atoms with E-state index in [0.29, 0.717) is 16.7 Å². The number of hydrogen-bond acceptors (Lipinski definition) is 7. The number of rotatable bonds is 5. The molecule has 0 fully saturated rings. The molecule has 0 aliphatic heterocycles. The molecule has 130 valence electrons. The molecule has 1 N–H and O–H groups in total. The fourth-order valence-electron chi connectivity index (χ4n) is 2.18. The van der Waals surface area contributed by atoms with E-state index >= 15 is 0 Å². The Hall–Kier alpha value is -3.88. The van der Waals surface area contributed by atoms with E-state index in [1.54, 1.807) is 48.5 Å². The van der Waals surface area contributed by atoms with Crippen LogP contribution >= 0.6 is 0 Å². The summed E-state index contributed by atoms with van der Waals surface area (Å²) in [6, 6.07) is 13.5. The van der Waals surface area contributed by atoms with Crippen molar-refractivity contribution in [2.24, 2.45) is 5.10 Å². The third-order valence-electron chi connectivity index (χ3n) is 3.48. The van der Waals surface area contributed by atoms with Crippen LogP contribution in [0.4, 0.5) is 0 Å². The highest BCUT2D eigenvalue weighted by Crippen LogP contribution is 2.09. The van der Waals surface area contributed by atoms with E-state index < -0.39 is 5.97 Å². The minimum atomic E-state index is -0.475. The molecule has 2 aromatic carbocycles. The molecule has 0 bridgehead atoms. The van der Waals surface area contributed by atoms with Crippen molar-refractivity contribution < 1.29 is 14.3 Å². The zero-order valence-electron chi connectivity index (χ0n) is 13.7. The van der Waals surface area contributed by atoms with E-state index in [2.05, 4.69) is 26.1 Å². The van der Waals surface area contributed by atoms with Crippen molar-refractivity contribution in [3.8, 4) is 5.69 Å². The second-order valence-electron chi connectivity index (χ2n) is 5.08. The fraction of sp³-hybridized carbons (Fsp3) is 0.0588. The van der Waals surface area contributed by atoms with Crippen molar-refractivity contribution in [3.05, 3.63) is 71.5 Å². The molecule has 1 heterocycles. The smallest absolute Gasteiger partial charge is 0.338 e. The van der Waals surface area contributed by atoms with Crippen LogP contribution in [0.5, 0.6) is 0 Å². The maximum Gasteiger partial charge on any atom is 0.338 e. The number of amides is 1. The maximum absolute atomic E-state index is 12.1. The molecular formula is C17H14N6O3. The number of nitrogens with one attached hydrogen (secondary N) is 1. The number of tetrazole rings is 1. The van der Waals surface area contributed by atoms with Crippen LogP contribution in [0.2, 0.25) is 0 Å². The van der Waals surface area contributed by atoms with Gasteiger partial charge >= 0.3 is 5.97 Å². The van der Waals surface area contributed by atoms with Gasteiger partial charge in [-0.25, -0.2) is 14.9 Å². The highest BCUT2D eigenvalue weighted by atomic mass is 16.5. The molecule has 0 spiro atoms. The number of esters is 1. The molecule has 9 nitrogen and oxygen atoms in total. The normalized spacial score (nSPS) is 10.7. The zero-order valence-corrected chi connectivity index (χ0v) is 13.7. The standard InChI is InChI=1S/C17H14N6O3/c1-26-17(25)15-5-3-2-4-13(15)10-18-20-16(24)12-6-8-14(9-7-12)23-11-19-21-22-23/h2-11H,1H3,(H,20,24)/b18-10-. The van der Waals surface area contributed by atoms with E-state index in [1.165, 1.54) is 24.3 Å². The Bertz CT molecular complexity index is 935. The summed E-state index contributed by atoms with van der Waals surface area (Å²) in [5.74, 6) is -0.864. The number of nitrogens with zero attached hydrogens (tertiary/aromatic N) is 5. The second kappa shape index (κ2) is 7.79. The minimum Gasteiger partial charge on any atom is -0.465 e. The quantitative estimate of drug-likeness (QED) is 0.421. The van der Waals surface area contributed by atoms with Gasteiger partial charge in [-0.3, -0.25) is 4.79 Å². The lowest BCUT2D eigenvalue weighted by atomic mass is 10.1. The van der Waals surface area contributed by atoms with Gasteiger partial charge in [0.1, 0.15) is 6.33 Å². The van der Waals surface area contributed by atoms with Gasteiger partial charge < -0.3 is 4.74 Å². The number of methoxy groups -OCH3 is 1. The zero-order chi connectivity index (χ0) is 18.4. The van der Waals surface area contributed by atoms with E-state index in [0.717, 1.165) is 5.69 Å². The van der Waals surface area contributed by atoms with Gasteiger partial charge in [0.2, 0.25) is 0 Å². The molecule has 9 heteroatoms. The number of aromatic nitrogens is 4. The number of hydrogen-bond donors (Lipinski definition) is 1. The van der Waals surface area contributed by atoms with Gasteiger partial charge in [-0.15, -0.1) is 5.10 Å². The Labute approximate surface area is 148 Å². The Morgan fingerprint density at radius 1 is 1.15 bits per heavy atom. The summed E-state index contributed by atoms with van der Waals surface area (Å²) in [5.41, 5.74) is 4.45. The van der Waals surface area contributed by atoms with E-state index in [1.807, 2.05) is 0 Å². The van der Waals surface area contributed by atoms with Crippen molar-refractivity contribution in [2.45, 2.75) is 0 Å². The number of ether oxygens (including phenoxy) is 1. The summed E-state index contributed by atoms with van der Waals surface area (Å²) in [6.07, 6.45) is 2.84. The van der Waals surface area contributed by atoms with E-state index in [4.69, 9.17) is 4.74 Å². The summed E-state index contributed by atoms with van der Waals surface area (Å²) < 4.78 is 6.19. The first kappa shape index (κ1) is 17.0. The molecule has 1 amide bonds. The van der Waals surface area contributed by atoms with Crippen LogP contribution in [0, 0.1) is 0 Å². The molecular weight excluding hydrogens is 336 g/mol. The van der Waals surface area contributed by atoms with Crippen molar-refractivity contribution in [1.29, 1.82) is 0 Å². The summed E-state index contributed by atoms with van der Waals surface area (Å²) in [5, 5.41) is 14.8. The third kappa shape index (κ3) is 3.78. The van der Waals surface area contributed by atoms with Gasteiger partial charge in [-0.1, -0.05) is 18.2 Å². The lowest BCUT2D eigenvalue weighted by Gasteiger charge is -2.04. The minimum absolute atomic E-state index is 0.360. The van der Waals surface area contributed by atoms with E-state index in [9.17, 15) is 9.59 Å². The molecule has 0 aliphatic carbocycles. The van der Waals surface area contributed by atoms with Crippen LogP contribution in [0.3, 0.4) is 0 Å². The van der Waals surface area contributed by atoms with Crippen molar-refractivity contribution >= 4 is 18.1 Å². The third-order valence-corrected chi connectivity index (χ3v) is 3.48. The molecule has 3 aromatic rings. The summed E-state index contributed by atoms with van der Waals surface area (Å²) in [6.45, 7) is 0. The highest BCUT2D eigenvalue weighted by molar-refractivity contribution is 6.00. The molecule has 0 saturated carbocycles. The summed E-state index contributed by atoms with van der Waals surface area (Å²) in [7, 11) is 1.30. The topological polar surface area (TPSA) is 111 Å². The van der Waals surface area contributed by atoms with Crippen LogP contribution in [0.25, 0.3) is 5.69 Å². The van der Waals surface area contributed by atoms with Gasteiger partial charge in [0, 0.05) is 11.1 Å². The molecule has 0 unspecified atom stereocenters. The van der Waals surface area contributed by atoms with Crippen LogP contribution < -0.4 is 5.43 Å². The molecule has 0 radical (unpaired) electrons. The number of carbonyl (C=O) groups is 2. The van der Waals surface area contributed by atoms with Gasteiger partial charge in [0.15, 0.2) is 0 Å². The Morgan fingerprint density at radius 3 is 2.62 bits per heavy atom. The molecule has 0 saturated heterocycles. The molecule has 3 rings (SSSR count). The number of benzene rings is 2. The largest absolute Gasteiger partial charge is 0.465 e. The monoisotopic (exact) mass is 350 g/mol. The predicted molar refractivity (Wildman–Crippen MR) is 92.0 cm³/mol. The van der Waals surface area contributed by atoms with Gasteiger partial charge in [-0.05, 0) is 40.8 Å². The lowest BCUT2D eigenvalue weighted by molar-refractivity contribution is 0.0600. The highest BCUT2D eigenvalue weighted by Gasteiger charge is 2.09. The number of hydrazone groups is 1. The lowest BCUT2D eigenvalue weighted by Crippen LogP contribution is -2.18. The van der Waals surface area contributed by atoms with Crippen molar-refractivity contribution in [1.82, 2.24) is 25.6 Å². The van der Waals surface area contributed by atoms with Crippen LogP contribution in [0.1, 0.15) is 26.3 Å². The Morgan fingerprint density at radius 2 is 1.92 bits per heavy atom. The number of carbonyl (C=O) groups excluding carboxylic acids is 2. The maximum atomic E-state index is 12.1. The van der Waals surface area contributed by atoms with Crippen LogP contribution in [-0.4, -0.2) is 45.4 Å². The molecule has 0 aliphatic rings. The summed E-state index contributed by atoms with van der Waals surface area (Å²) in [4.78, 5) is 23.8. The SMILES string of the molecule is COC(=O)c1ccccc1/C=N\NC(=O)c1ccc(-n2cnnn2)cc1. The fourth-order valence-corrected chi connectivity index (χ4v) is 2.18. The second-order valence-corrected chi connectivity index (χ2v) is 5.08. The van der Waals surface area contributed by atoms with Crippen molar-refractivity contribution in [3.63, 3.8) is 0 Å². The average molecular weight is 350 g/mol. The summed E-state index contributed by atoms with van der Waals surface area (Å²) >= 11 is 0. The molecule has 1 aromatic heterocycles. The van der Waals surface area contributed by atoms with E-state index in [-0.39, 0.29) is 5.91 Å². The van der Waals surface area contributed by atoms with Crippen molar-refractivity contribution in [2.75, 3.05) is 7.11 Å². The first-order valence-corrected chi connectivity index (χ1v) is 7.53. The van der Waals surface area contributed by atoms with Gasteiger partial charge in [0.05, 0.1) is 24.6 Å². The Kier molecular flexibility index (Phi) is 5.08.